The van der Waals surface area contributed by atoms with Gasteiger partial charge in [-0.05, 0) is 24.6 Å². The van der Waals surface area contributed by atoms with Crippen molar-refractivity contribution in [3.63, 3.8) is 0 Å². The van der Waals surface area contributed by atoms with Crippen LogP contribution in [0.5, 0.6) is 0 Å². The predicted molar refractivity (Wildman–Crippen MR) is 74.9 cm³/mol. The van der Waals surface area contributed by atoms with Gasteiger partial charge in [0.25, 0.3) is 0 Å². The Morgan fingerprint density at radius 2 is 1.88 bits per heavy atom. The first-order chi connectivity index (χ1) is 7.94. The number of hydrogen-bond acceptors (Lipinski definition) is 3. The van der Waals surface area contributed by atoms with Crippen LogP contribution in [0.25, 0.3) is 0 Å². The van der Waals surface area contributed by atoms with Gasteiger partial charge in [-0.3, -0.25) is 0 Å². The molecule has 0 spiro atoms. The first-order valence-corrected chi connectivity index (χ1v) is 8.25. The van der Waals surface area contributed by atoms with Gasteiger partial charge in [0.2, 0.25) is 0 Å². The smallest absolute Gasteiger partial charge is 0.151 e. The summed E-state index contributed by atoms with van der Waals surface area (Å²) in [4.78, 5) is 0. The van der Waals surface area contributed by atoms with Crippen molar-refractivity contribution in [3.05, 3.63) is 34.3 Å². The number of hydrogen-bond donors (Lipinski definition) is 1. The molecule has 0 saturated carbocycles. The van der Waals surface area contributed by atoms with Gasteiger partial charge in [0.1, 0.15) is 0 Å². The van der Waals surface area contributed by atoms with Gasteiger partial charge in [-0.15, -0.1) is 0 Å². The molecule has 1 aromatic carbocycles. The largest absolute Gasteiger partial charge is 0.309 e. The Bertz CT molecular complexity index is 442. The molecule has 0 radical (unpaired) electrons. The topological polar surface area (TPSA) is 46.2 Å². The van der Waals surface area contributed by atoms with Crippen LogP contribution in [0.2, 0.25) is 0 Å². The maximum absolute atomic E-state index is 11.3. The average molecular weight is 320 g/mol. The molecule has 0 aromatic heterocycles. The summed E-state index contributed by atoms with van der Waals surface area (Å²) in [6, 6.07) is 8.17. The molecule has 0 unspecified atom stereocenters. The van der Waals surface area contributed by atoms with E-state index >= 15 is 0 Å². The zero-order chi connectivity index (χ0) is 12.9. The first-order valence-electron chi connectivity index (χ1n) is 5.64. The van der Waals surface area contributed by atoms with Crippen LogP contribution >= 0.6 is 15.9 Å². The molecule has 0 aliphatic heterocycles. The van der Waals surface area contributed by atoms with E-state index in [0.29, 0.717) is 6.54 Å². The lowest BCUT2D eigenvalue weighted by molar-refractivity contribution is 0.573. The third-order valence-corrected chi connectivity index (χ3v) is 4.91. The van der Waals surface area contributed by atoms with Gasteiger partial charge in [-0.2, -0.15) is 0 Å². The second-order valence-corrected chi connectivity index (χ2v) is 7.35. The van der Waals surface area contributed by atoms with Crippen LogP contribution < -0.4 is 5.32 Å². The normalized spacial score (nSPS) is 13.6. The summed E-state index contributed by atoms with van der Waals surface area (Å²) in [5.74, 6) is 0.408. The molecular weight excluding hydrogens is 302 g/mol. The predicted octanol–water partition coefficient (Wildman–Crippen LogP) is 2.53. The third kappa shape index (κ3) is 5.19. The molecule has 0 fully saturated rings. The fraction of sp³-hybridized carbons (Fsp3) is 0.500. The van der Waals surface area contributed by atoms with E-state index in [1.807, 2.05) is 31.2 Å². The molecule has 0 saturated heterocycles. The van der Waals surface area contributed by atoms with Crippen LogP contribution in [0, 0.1) is 0 Å². The quantitative estimate of drug-likeness (QED) is 0.876. The van der Waals surface area contributed by atoms with Crippen molar-refractivity contribution < 1.29 is 8.42 Å². The zero-order valence-corrected chi connectivity index (χ0v) is 12.5. The van der Waals surface area contributed by atoms with Crippen LogP contribution in [0.1, 0.15) is 25.5 Å². The van der Waals surface area contributed by atoms with Crippen LogP contribution in [0.4, 0.5) is 0 Å². The zero-order valence-electron chi connectivity index (χ0n) is 10.1. The Balaban J connectivity index is 2.45. The lowest BCUT2D eigenvalue weighted by Gasteiger charge is -2.14. The molecule has 5 heteroatoms. The monoisotopic (exact) mass is 319 g/mol. The molecule has 1 aromatic rings. The summed E-state index contributed by atoms with van der Waals surface area (Å²) < 4.78 is 23.7. The van der Waals surface area contributed by atoms with E-state index in [2.05, 4.69) is 21.2 Å². The van der Waals surface area contributed by atoms with E-state index in [1.54, 1.807) is 6.92 Å². The molecule has 17 heavy (non-hydrogen) atoms. The fourth-order valence-electron chi connectivity index (χ4n) is 1.44. The Hall–Kier alpha value is -0.390. The summed E-state index contributed by atoms with van der Waals surface area (Å²) in [5.41, 5.74) is 1.15. The van der Waals surface area contributed by atoms with Crippen LogP contribution in [-0.2, 0) is 9.84 Å². The molecule has 0 aliphatic carbocycles. The summed E-state index contributed by atoms with van der Waals surface area (Å²) >= 11 is 3.38. The highest BCUT2D eigenvalue weighted by Gasteiger charge is 2.09. The number of halogens is 1. The van der Waals surface area contributed by atoms with E-state index in [4.69, 9.17) is 0 Å². The van der Waals surface area contributed by atoms with Crippen molar-refractivity contribution in [2.45, 2.75) is 19.9 Å². The van der Waals surface area contributed by atoms with Gasteiger partial charge in [0.15, 0.2) is 9.84 Å². The minimum Gasteiger partial charge on any atom is -0.309 e. The van der Waals surface area contributed by atoms with Crippen molar-refractivity contribution in [3.8, 4) is 0 Å². The summed E-state index contributed by atoms with van der Waals surface area (Å²) in [6.45, 7) is 4.20. The van der Waals surface area contributed by atoms with Crippen molar-refractivity contribution in [2.75, 3.05) is 18.1 Å². The minimum atomic E-state index is -2.87. The number of rotatable bonds is 6. The van der Waals surface area contributed by atoms with Gasteiger partial charge < -0.3 is 5.32 Å². The maximum Gasteiger partial charge on any atom is 0.151 e. The number of sulfone groups is 1. The lowest BCUT2D eigenvalue weighted by Crippen LogP contribution is -2.26. The van der Waals surface area contributed by atoms with Gasteiger partial charge in [-0.1, -0.05) is 35.0 Å². The Labute approximate surface area is 112 Å². The van der Waals surface area contributed by atoms with Crippen molar-refractivity contribution in [2.24, 2.45) is 0 Å². The Morgan fingerprint density at radius 1 is 1.29 bits per heavy atom. The van der Waals surface area contributed by atoms with Crippen LogP contribution in [-0.4, -0.2) is 26.5 Å². The minimum absolute atomic E-state index is 0.162. The van der Waals surface area contributed by atoms with Gasteiger partial charge in [0, 0.05) is 22.8 Å². The Kier molecular flexibility index (Phi) is 5.62. The molecule has 0 amide bonds. The van der Waals surface area contributed by atoms with E-state index in [-0.39, 0.29) is 17.5 Å². The summed E-state index contributed by atoms with van der Waals surface area (Å²) in [5, 5.41) is 3.21. The summed E-state index contributed by atoms with van der Waals surface area (Å²) in [7, 11) is -2.87. The molecule has 0 heterocycles. The second kappa shape index (κ2) is 6.52. The first kappa shape index (κ1) is 14.7. The third-order valence-electron chi connectivity index (χ3n) is 2.67. The average Bonchev–Trinajstić information content (AvgIpc) is 2.29. The van der Waals surface area contributed by atoms with E-state index in [1.165, 1.54) is 0 Å². The Morgan fingerprint density at radius 3 is 2.41 bits per heavy atom. The molecular formula is C12H18BrNO2S. The maximum atomic E-state index is 11.3. The van der Waals surface area contributed by atoms with Gasteiger partial charge in [0.05, 0.1) is 5.75 Å². The molecule has 1 atom stereocenters. The molecule has 0 aliphatic rings. The molecule has 96 valence electrons. The highest BCUT2D eigenvalue weighted by atomic mass is 79.9. The van der Waals surface area contributed by atoms with Crippen LogP contribution in [0.3, 0.4) is 0 Å². The number of nitrogens with one attached hydrogen (secondary N) is 1. The van der Waals surface area contributed by atoms with Crippen molar-refractivity contribution in [1.29, 1.82) is 0 Å². The van der Waals surface area contributed by atoms with Crippen LogP contribution in [0.15, 0.2) is 28.7 Å². The molecule has 1 rings (SSSR count). The molecule has 1 N–H and O–H groups in total. The summed E-state index contributed by atoms with van der Waals surface area (Å²) in [6.07, 6.45) is 0. The standard InChI is InChI=1S/C12H18BrNO2S/c1-3-17(15,16)9-8-14-10(2)11-4-6-12(13)7-5-11/h4-7,10,14H,3,8-9H2,1-2H3/t10-/m1/s1. The molecule has 0 bridgehead atoms. The van der Waals surface area contributed by atoms with Gasteiger partial charge in [-0.25, -0.2) is 8.42 Å². The van der Waals surface area contributed by atoms with E-state index in [9.17, 15) is 8.42 Å². The second-order valence-electron chi connectivity index (χ2n) is 3.96. The van der Waals surface area contributed by atoms with Crippen molar-refractivity contribution in [1.82, 2.24) is 5.32 Å². The number of benzene rings is 1. The SMILES string of the molecule is CCS(=O)(=O)CCN[C@H](C)c1ccc(Br)cc1. The van der Waals surface area contributed by atoms with Gasteiger partial charge >= 0.3 is 0 Å². The highest BCUT2D eigenvalue weighted by Crippen LogP contribution is 2.16. The van der Waals surface area contributed by atoms with E-state index < -0.39 is 9.84 Å². The highest BCUT2D eigenvalue weighted by molar-refractivity contribution is 9.10. The lowest BCUT2D eigenvalue weighted by atomic mass is 10.1. The van der Waals surface area contributed by atoms with Crippen molar-refractivity contribution >= 4 is 25.8 Å². The fourth-order valence-corrected chi connectivity index (χ4v) is 2.43. The van der Waals surface area contributed by atoms with E-state index in [0.717, 1.165) is 10.0 Å². The molecule has 3 nitrogen and oxygen atoms in total.